The van der Waals surface area contributed by atoms with Gasteiger partial charge in [0.2, 0.25) is 5.91 Å². The van der Waals surface area contributed by atoms with Gasteiger partial charge in [-0.25, -0.2) is 0 Å². The van der Waals surface area contributed by atoms with Gasteiger partial charge in [-0.1, -0.05) is 24.3 Å². The molecule has 6 heteroatoms. The van der Waals surface area contributed by atoms with Gasteiger partial charge in [0, 0.05) is 28.0 Å². The van der Waals surface area contributed by atoms with Crippen LogP contribution in [0.4, 0.5) is 17.1 Å². The number of benzene rings is 2. The van der Waals surface area contributed by atoms with E-state index in [0.717, 1.165) is 21.9 Å². The molecule has 0 bridgehead atoms. The lowest BCUT2D eigenvalue weighted by Gasteiger charge is -2.10. The van der Waals surface area contributed by atoms with Gasteiger partial charge >= 0.3 is 0 Å². The van der Waals surface area contributed by atoms with Crippen LogP contribution in [-0.4, -0.2) is 11.0 Å². The van der Waals surface area contributed by atoms with Gasteiger partial charge in [-0.05, 0) is 66.1 Å². The van der Waals surface area contributed by atoms with Crippen molar-refractivity contribution in [2.45, 2.75) is 0 Å². The smallest absolute Gasteiger partial charge is 0.250 e. The van der Waals surface area contributed by atoms with Gasteiger partial charge < -0.3 is 10.6 Å². The molecule has 0 aliphatic heterocycles. The van der Waals surface area contributed by atoms with E-state index < -0.39 is 0 Å². The molecule has 0 atom stereocenters. The van der Waals surface area contributed by atoms with Crippen molar-refractivity contribution in [3.63, 3.8) is 0 Å². The van der Waals surface area contributed by atoms with Crippen LogP contribution in [0.1, 0.15) is 4.88 Å². The Morgan fingerprint density at radius 1 is 0.885 bits per heavy atom. The number of thiophene rings is 1. The maximum atomic E-state index is 11.9. The predicted molar refractivity (Wildman–Crippen MR) is 114 cm³/mol. The summed E-state index contributed by atoms with van der Waals surface area (Å²) >= 11 is 6.74. The first-order chi connectivity index (χ1) is 12.7. The molecule has 0 fully saturated rings. The number of rotatable bonds is 5. The summed E-state index contributed by atoms with van der Waals surface area (Å²) < 4.78 is 0. The Morgan fingerprint density at radius 2 is 1.58 bits per heavy atom. The molecule has 1 amide bonds. The van der Waals surface area contributed by atoms with Gasteiger partial charge in [0.1, 0.15) is 0 Å². The predicted octanol–water partition coefficient (Wildman–Crippen LogP) is 5.02. The molecule has 130 valence electrons. The van der Waals surface area contributed by atoms with Gasteiger partial charge in [0.15, 0.2) is 5.11 Å². The largest absolute Gasteiger partial charge is 0.356 e. The fourth-order valence-electron chi connectivity index (χ4n) is 2.18. The first kappa shape index (κ1) is 17.8. The maximum absolute atomic E-state index is 11.9. The number of carbonyl (C=O) groups excluding carboxylic acids is 1. The average Bonchev–Trinajstić information content (AvgIpc) is 3.16. The summed E-state index contributed by atoms with van der Waals surface area (Å²) in [6, 6.07) is 21.5. The first-order valence-electron chi connectivity index (χ1n) is 7.95. The van der Waals surface area contributed by atoms with Crippen LogP contribution in [-0.2, 0) is 4.79 Å². The monoisotopic (exact) mass is 379 g/mol. The number of anilines is 3. The van der Waals surface area contributed by atoms with E-state index in [0.29, 0.717) is 0 Å². The second-order valence-corrected chi connectivity index (χ2v) is 6.75. The summed E-state index contributed by atoms with van der Waals surface area (Å²) in [5.74, 6) is -0.265. The van der Waals surface area contributed by atoms with Crippen molar-refractivity contribution >= 4 is 57.7 Å². The lowest BCUT2D eigenvalue weighted by atomic mass is 10.2. The summed E-state index contributed by atoms with van der Waals surface area (Å²) in [5.41, 5.74) is 2.79. The summed E-state index contributed by atoms with van der Waals surface area (Å²) in [5, 5.41) is 11.2. The fourth-order valence-corrected chi connectivity index (χ4v) is 3.02. The highest BCUT2D eigenvalue weighted by molar-refractivity contribution is 7.80. The number of amides is 1. The Kier molecular flexibility index (Phi) is 6.14. The Bertz CT molecular complexity index is 889. The highest BCUT2D eigenvalue weighted by atomic mass is 32.1. The minimum atomic E-state index is -0.265. The van der Waals surface area contributed by atoms with Crippen molar-refractivity contribution < 1.29 is 4.79 Å². The van der Waals surface area contributed by atoms with Crippen molar-refractivity contribution in [2.24, 2.45) is 0 Å². The molecule has 4 nitrogen and oxygen atoms in total. The molecule has 0 aliphatic rings. The Balaban J connectivity index is 1.50. The summed E-state index contributed by atoms with van der Waals surface area (Å²) in [6.07, 6.45) is 3.22. The molecular formula is C20H17N3OS2. The topological polar surface area (TPSA) is 53.2 Å². The number of nitrogens with one attached hydrogen (secondary N) is 3. The molecule has 0 spiro atoms. The van der Waals surface area contributed by atoms with E-state index in [1.54, 1.807) is 17.4 Å². The molecule has 0 radical (unpaired) electrons. The highest BCUT2D eigenvalue weighted by Crippen LogP contribution is 2.18. The lowest BCUT2D eigenvalue weighted by Crippen LogP contribution is -2.32. The van der Waals surface area contributed by atoms with Crippen LogP contribution in [0.25, 0.3) is 6.08 Å². The summed E-state index contributed by atoms with van der Waals surface area (Å²) in [7, 11) is 0. The molecule has 0 unspecified atom stereocenters. The Hall–Kier alpha value is -2.96. The van der Waals surface area contributed by atoms with E-state index in [4.69, 9.17) is 12.2 Å². The first-order valence-corrected chi connectivity index (χ1v) is 9.23. The van der Waals surface area contributed by atoms with Crippen molar-refractivity contribution in [1.82, 2.24) is 5.32 Å². The summed E-state index contributed by atoms with van der Waals surface area (Å²) in [6.45, 7) is 0. The molecule has 1 aromatic heterocycles. The molecular weight excluding hydrogens is 362 g/mol. The quantitative estimate of drug-likeness (QED) is 0.430. The van der Waals surface area contributed by atoms with E-state index in [1.807, 2.05) is 72.1 Å². The second kappa shape index (κ2) is 8.94. The Labute approximate surface area is 161 Å². The second-order valence-electron chi connectivity index (χ2n) is 5.36. The van der Waals surface area contributed by atoms with Crippen molar-refractivity contribution in [3.05, 3.63) is 83.1 Å². The van der Waals surface area contributed by atoms with E-state index in [2.05, 4.69) is 16.0 Å². The van der Waals surface area contributed by atoms with Gasteiger partial charge in [-0.2, -0.15) is 0 Å². The zero-order valence-electron chi connectivity index (χ0n) is 13.8. The fraction of sp³-hybridized carbons (Fsp3) is 0. The minimum Gasteiger partial charge on any atom is -0.356 e. The van der Waals surface area contributed by atoms with Gasteiger partial charge in [-0.3, -0.25) is 10.1 Å². The van der Waals surface area contributed by atoms with Crippen LogP contribution in [0.2, 0.25) is 0 Å². The van der Waals surface area contributed by atoms with E-state index in [1.165, 1.54) is 6.08 Å². The molecule has 0 saturated heterocycles. The standard InChI is InChI=1S/C20H17N3OS2/c24-19(13-12-18-7-4-14-26-18)23-20(25)22-17-10-8-16(9-11-17)21-15-5-2-1-3-6-15/h1-14,21H,(H2,22,23,24,25). The van der Waals surface area contributed by atoms with Crippen LogP contribution >= 0.6 is 23.6 Å². The van der Waals surface area contributed by atoms with Gasteiger partial charge in [0.25, 0.3) is 0 Å². The lowest BCUT2D eigenvalue weighted by molar-refractivity contribution is -0.115. The zero-order valence-corrected chi connectivity index (χ0v) is 15.4. The van der Waals surface area contributed by atoms with Gasteiger partial charge in [0.05, 0.1) is 0 Å². The number of hydrogen-bond donors (Lipinski definition) is 3. The average molecular weight is 380 g/mol. The van der Waals surface area contributed by atoms with Crippen LogP contribution in [0, 0.1) is 0 Å². The van der Waals surface area contributed by atoms with Crippen LogP contribution in [0.3, 0.4) is 0 Å². The van der Waals surface area contributed by atoms with Crippen LogP contribution in [0.15, 0.2) is 78.2 Å². The molecule has 26 heavy (non-hydrogen) atoms. The molecule has 1 heterocycles. The SMILES string of the molecule is O=C(C=Cc1cccs1)NC(=S)Nc1ccc(Nc2ccccc2)cc1. The van der Waals surface area contributed by atoms with Crippen molar-refractivity contribution in [2.75, 3.05) is 10.6 Å². The van der Waals surface area contributed by atoms with Crippen LogP contribution in [0.5, 0.6) is 0 Å². The van der Waals surface area contributed by atoms with Crippen molar-refractivity contribution in [3.8, 4) is 0 Å². The number of hydrogen-bond acceptors (Lipinski definition) is 4. The zero-order chi connectivity index (χ0) is 18.2. The molecule has 3 rings (SSSR count). The third kappa shape index (κ3) is 5.54. The number of para-hydroxylation sites is 1. The van der Waals surface area contributed by atoms with Crippen LogP contribution < -0.4 is 16.0 Å². The van der Waals surface area contributed by atoms with Gasteiger partial charge in [-0.15, -0.1) is 11.3 Å². The molecule has 0 saturated carbocycles. The molecule has 0 aliphatic carbocycles. The van der Waals surface area contributed by atoms with E-state index >= 15 is 0 Å². The molecule has 3 N–H and O–H groups in total. The molecule has 2 aromatic carbocycles. The Morgan fingerprint density at radius 3 is 2.27 bits per heavy atom. The summed E-state index contributed by atoms with van der Waals surface area (Å²) in [4.78, 5) is 12.9. The third-order valence-electron chi connectivity index (χ3n) is 3.38. The highest BCUT2D eigenvalue weighted by Gasteiger charge is 2.02. The third-order valence-corrected chi connectivity index (χ3v) is 4.43. The molecule has 3 aromatic rings. The van der Waals surface area contributed by atoms with E-state index in [-0.39, 0.29) is 11.0 Å². The number of carbonyl (C=O) groups is 1. The number of thiocarbonyl (C=S) groups is 1. The normalized spacial score (nSPS) is 10.5. The van der Waals surface area contributed by atoms with Crippen molar-refractivity contribution in [1.29, 1.82) is 0 Å². The minimum absolute atomic E-state index is 0.259. The maximum Gasteiger partial charge on any atom is 0.250 e. The van der Waals surface area contributed by atoms with E-state index in [9.17, 15) is 4.79 Å².